The Hall–Kier alpha value is -1.50. The molecule has 0 unspecified atom stereocenters. The molecular formula is C9H13N3O3S. The number of aliphatic carboxylic acids is 1. The Morgan fingerprint density at radius 3 is 2.94 bits per heavy atom. The van der Waals surface area contributed by atoms with Crippen LogP contribution in [-0.2, 0) is 11.8 Å². The van der Waals surface area contributed by atoms with Crippen molar-refractivity contribution in [1.29, 1.82) is 0 Å². The van der Waals surface area contributed by atoms with Gasteiger partial charge in [0.25, 0.3) is 5.91 Å². The number of amides is 1. The topological polar surface area (TPSA) is 84.2 Å². The smallest absolute Gasteiger partial charge is 0.313 e. The van der Waals surface area contributed by atoms with E-state index in [0.29, 0.717) is 18.0 Å². The number of thioether (sulfide) groups is 1. The third kappa shape index (κ3) is 3.93. The van der Waals surface area contributed by atoms with E-state index in [1.165, 1.54) is 16.4 Å². The van der Waals surface area contributed by atoms with Crippen LogP contribution in [-0.4, -0.2) is 44.8 Å². The zero-order valence-corrected chi connectivity index (χ0v) is 9.66. The maximum absolute atomic E-state index is 11.5. The second kappa shape index (κ2) is 6.16. The Bertz CT molecular complexity index is 378. The molecule has 7 heteroatoms. The molecule has 6 nitrogen and oxygen atoms in total. The first-order valence-electron chi connectivity index (χ1n) is 4.67. The third-order valence-electron chi connectivity index (χ3n) is 1.81. The van der Waals surface area contributed by atoms with Crippen molar-refractivity contribution in [2.45, 2.75) is 0 Å². The van der Waals surface area contributed by atoms with E-state index in [0.717, 1.165) is 0 Å². The van der Waals surface area contributed by atoms with E-state index >= 15 is 0 Å². The number of carboxylic acids is 1. The molecule has 0 radical (unpaired) electrons. The summed E-state index contributed by atoms with van der Waals surface area (Å²) in [5.74, 6) is -0.406. The highest BCUT2D eigenvalue weighted by Gasteiger charge is 2.08. The normalized spacial score (nSPS) is 10.1. The number of hydrogen-bond acceptors (Lipinski definition) is 4. The van der Waals surface area contributed by atoms with Crippen LogP contribution in [0.25, 0.3) is 0 Å². The lowest BCUT2D eigenvalue weighted by atomic mass is 10.4. The molecule has 1 heterocycles. The SMILES string of the molecule is Cn1nccc1C(=O)NCCSCC(=O)O. The summed E-state index contributed by atoms with van der Waals surface area (Å²) in [4.78, 5) is 21.7. The Morgan fingerprint density at radius 2 is 2.38 bits per heavy atom. The van der Waals surface area contributed by atoms with Gasteiger partial charge in [-0.3, -0.25) is 14.3 Å². The van der Waals surface area contributed by atoms with Gasteiger partial charge in [0, 0.05) is 25.5 Å². The van der Waals surface area contributed by atoms with Crippen molar-refractivity contribution in [3.05, 3.63) is 18.0 Å². The molecule has 16 heavy (non-hydrogen) atoms. The molecule has 0 aliphatic rings. The number of aromatic nitrogens is 2. The molecule has 1 aromatic rings. The molecule has 0 saturated heterocycles. The van der Waals surface area contributed by atoms with Crippen LogP contribution < -0.4 is 5.32 Å². The molecule has 0 aromatic carbocycles. The first-order valence-corrected chi connectivity index (χ1v) is 5.82. The van der Waals surface area contributed by atoms with Crippen molar-refractivity contribution >= 4 is 23.6 Å². The quantitative estimate of drug-likeness (QED) is 0.685. The molecule has 0 bridgehead atoms. The Morgan fingerprint density at radius 1 is 1.62 bits per heavy atom. The highest BCUT2D eigenvalue weighted by molar-refractivity contribution is 7.99. The molecule has 1 rings (SSSR count). The van der Waals surface area contributed by atoms with Crippen molar-refractivity contribution in [2.75, 3.05) is 18.1 Å². The Balaban J connectivity index is 2.21. The van der Waals surface area contributed by atoms with Gasteiger partial charge in [-0.15, -0.1) is 11.8 Å². The molecule has 0 spiro atoms. The number of carbonyl (C=O) groups is 2. The first-order chi connectivity index (χ1) is 7.61. The molecular weight excluding hydrogens is 230 g/mol. The minimum Gasteiger partial charge on any atom is -0.481 e. The van der Waals surface area contributed by atoms with E-state index in [9.17, 15) is 9.59 Å². The van der Waals surface area contributed by atoms with Gasteiger partial charge < -0.3 is 10.4 Å². The van der Waals surface area contributed by atoms with Gasteiger partial charge in [0.05, 0.1) is 5.75 Å². The standard InChI is InChI=1S/C9H13N3O3S/c1-12-7(2-3-11-12)9(15)10-4-5-16-6-8(13)14/h2-3H,4-6H2,1H3,(H,10,15)(H,13,14). The van der Waals surface area contributed by atoms with Crippen LogP contribution in [0, 0.1) is 0 Å². The molecule has 0 fully saturated rings. The van der Waals surface area contributed by atoms with E-state index < -0.39 is 5.97 Å². The maximum atomic E-state index is 11.5. The fraction of sp³-hybridized carbons (Fsp3) is 0.444. The summed E-state index contributed by atoms with van der Waals surface area (Å²) in [5.41, 5.74) is 0.489. The fourth-order valence-electron chi connectivity index (χ4n) is 1.08. The van der Waals surface area contributed by atoms with Crippen LogP contribution in [0.1, 0.15) is 10.5 Å². The number of aryl methyl sites for hydroxylation is 1. The average Bonchev–Trinajstić information content (AvgIpc) is 2.63. The van der Waals surface area contributed by atoms with Gasteiger partial charge in [-0.05, 0) is 6.07 Å². The maximum Gasteiger partial charge on any atom is 0.313 e. The van der Waals surface area contributed by atoms with Gasteiger partial charge in [-0.2, -0.15) is 5.10 Å². The summed E-state index contributed by atoms with van der Waals surface area (Å²) < 4.78 is 1.49. The predicted octanol–water partition coefficient (Wildman–Crippen LogP) is -0.0323. The van der Waals surface area contributed by atoms with Crippen LogP contribution in [0.15, 0.2) is 12.3 Å². The Kier molecular flexibility index (Phi) is 4.84. The summed E-state index contributed by atoms with van der Waals surface area (Å²) in [6, 6.07) is 1.62. The minimum atomic E-state index is -0.844. The monoisotopic (exact) mass is 243 g/mol. The fourth-order valence-corrected chi connectivity index (χ4v) is 1.65. The number of rotatable bonds is 6. The number of nitrogens with one attached hydrogen (secondary N) is 1. The van der Waals surface area contributed by atoms with Gasteiger partial charge in [0.1, 0.15) is 5.69 Å². The summed E-state index contributed by atoms with van der Waals surface area (Å²) in [7, 11) is 1.69. The molecule has 1 aromatic heterocycles. The lowest BCUT2D eigenvalue weighted by molar-refractivity contribution is -0.133. The van der Waals surface area contributed by atoms with Crippen LogP contribution in [0.5, 0.6) is 0 Å². The summed E-state index contributed by atoms with van der Waals surface area (Å²) in [6.07, 6.45) is 1.55. The second-order valence-electron chi connectivity index (χ2n) is 3.04. The number of hydrogen-bond donors (Lipinski definition) is 2. The highest BCUT2D eigenvalue weighted by Crippen LogP contribution is 1.98. The average molecular weight is 243 g/mol. The van der Waals surface area contributed by atoms with Crippen molar-refractivity contribution in [1.82, 2.24) is 15.1 Å². The first kappa shape index (κ1) is 12.6. The van der Waals surface area contributed by atoms with Crippen molar-refractivity contribution < 1.29 is 14.7 Å². The Labute approximate surface area is 97.0 Å². The summed E-state index contributed by atoms with van der Waals surface area (Å²) in [5, 5.41) is 15.0. The third-order valence-corrected chi connectivity index (χ3v) is 2.75. The van der Waals surface area contributed by atoms with Crippen molar-refractivity contribution in [3.8, 4) is 0 Å². The lowest BCUT2D eigenvalue weighted by Gasteiger charge is -2.04. The van der Waals surface area contributed by atoms with Crippen LogP contribution in [0.2, 0.25) is 0 Å². The van der Waals surface area contributed by atoms with E-state index in [1.807, 2.05) is 0 Å². The molecule has 1 amide bonds. The molecule has 0 atom stereocenters. The second-order valence-corrected chi connectivity index (χ2v) is 4.15. The predicted molar refractivity (Wildman–Crippen MR) is 60.5 cm³/mol. The van der Waals surface area contributed by atoms with Gasteiger partial charge in [0.15, 0.2) is 0 Å². The number of carboxylic acid groups (broad SMARTS) is 1. The zero-order chi connectivity index (χ0) is 12.0. The van der Waals surface area contributed by atoms with Crippen LogP contribution >= 0.6 is 11.8 Å². The van der Waals surface area contributed by atoms with Gasteiger partial charge in [-0.1, -0.05) is 0 Å². The van der Waals surface area contributed by atoms with Crippen LogP contribution in [0.4, 0.5) is 0 Å². The lowest BCUT2D eigenvalue weighted by Crippen LogP contribution is -2.27. The molecule has 0 aliphatic carbocycles. The van der Waals surface area contributed by atoms with Gasteiger partial charge in [-0.25, -0.2) is 0 Å². The number of carbonyl (C=O) groups excluding carboxylic acids is 1. The van der Waals surface area contributed by atoms with Gasteiger partial charge in [0.2, 0.25) is 0 Å². The van der Waals surface area contributed by atoms with E-state index in [-0.39, 0.29) is 11.7 Å². The zero-order valence-electron chi connectivity index (χ0n) is 8.84. The minimum absolute atomic E-state index is 0.0571. The largest absolute Gasteiger partial charge is 0.481 e. The van der Waals surface area contributed by atoms with Crippen molar-refractivity contribution in [2.24, 2.45) is 7.05 Å². The van der Waals surface area contributed by atoms with Crippen LogP contribution in [0.3, 0.4) is 0 Å². The van der Waals surface area contributed by atoms with E-state index in [2.05, 4.69) is 10.4 Å². The highest BCUT2D eigenvalue weighted by atomic mass is 32.2. The van der Waals surface area contributed by atoms with Crippen molar-refractivity contribution in [3.63, 3.8) is 0 Å². The molecule has 0 saturated carbocycles. The number of nitrogens with zero attached hydrogens (tertiary/aromatic N) is 2. The van der Waals surface area contributed by atoms with E-state index in [1.54, 1.807) is 19.3 Å². The molecule has 0 aliphatic heterocycles. The summed E-state index contributed by atoms with van der Waals surface area (Å²) in [6.45, 7) is 0.446. The van der Waals surface area contributed by atoms with Gasteiger partial charge >= 0.3 is 5.97 Å². The summed E-state index contributed by atoms with van der Waals surface area (Å²) >= 11 is 1.27. The molecule has 2 N–H and O–H groups in total. The molecule has 88 valence electrons. The van der Waals surface area contributed by atoms with E-state index in [4.69, 9.17) is 5.11 Å².